The number of piperazine rings is 1. The van der Waals surface area contributed by atoms with Gasteiger partial charge in [-0.3, -0.25) is 19.5 Å². The Morgan fingerprint density at radius 2 is 1.70 bits per heavy atom. The Morgan fingerprint density at radius 3 is 2.27 bits per heavy atom. The van der Waals surface area contributed by atoms with Crippen LogP contribution in [-0.2, 0) is 16.0 Å². The Labute approximate surface area is 223 Å². The van der Waals surface area contributed by atoms with E-state index in [0.717, 1.165) is 57.7 Å². The minimum Gasteiger partial charge on any atom is -0.343 e. The van der Waals surface area contributed by atoms with Gasteiger partial charge in [0.1, 0.15) is 0 Å². The summed E-state index contributed by atoms with van der Waals surface area (Å²) in [6.07, 6.45) is 5.40. The van der Waals surface area contributed by atoms with E-state index >= 15 is 0 Å². The maximum absolute atomic E-state index is 13.6. The Morgan fingerprint density at radius 1 is 1.00 bits per heavy atom. The normalized spacial score (nSPS) is 20.6. The van der Waals surface area contributed by atoms with E-state index in [1.165, 1.54) is 11.1 Å². The number of rotatable bonds is 6. The zero-order chi connectivity index (χ0) is 26.6. The number of carbonyl (C=O) groups is 2. The van der Waals surface area contributed by atoms with E-state index in [1.54, 1.807) is 6.92 Å². The monoisotopic (exact) mass is 504 g/mol. The molecule has 0 spiro atoms. The molecular formula is C31H44N4O2. The number of carbonyl (C=O) groups excluding carboxylic acids is 2. The molecule has 0 bridgehead atoms. The van der Waals surface area contributed by atoms with Crippen LogP contribution in [0, 0.1) is 11.3 Å². The van der Waals surface area contributed by atoms with Gasteiger partial charge in [-0.05, 0) is 47.8 Å². The molecule has 0 radical (unpaired) electrons. The smallest absolute Gasteiger partial charge is 0.223 e. The zero-order valence-electron chi connectivity index (χ0n) is 23.3. The molecule has 2 aliphatic rings. The maximum Gasteiger partial charge on any atom is 0.223 e. The lowest BCUT2D eigenvalue weighted by Crippen LogP contribution is -2.60. The third-order valence-corrected chi connectivity index (χ3v) is 8.27. The summed E-state index contributed by atoms with van der Waals surface area (Å²) in [6, 6.07) is 15.2. The highest BCUT2D eigenvalue weighted by Crippen LogP contribution is 2.35. The topological polar surface area (TPSA) is 56.8 Å². The van der Waals surface area contributed by atoms with Crippen molar-refractivity contribution in [2.75, 3.05) is 32.7 Å². The number of aryl methyl sites for hydroxylation is 1. The Balaban J connectivity index is 1.52. The van der Waals surface area contributed by atoms with Crippen LogP contribution in [0.2, 0.25) is 0 Å². The molecule has 2 atom stereocenters. The average molecular weight is 505 g/mol. The molecule has 2 amide bonds. The highest BCUT2D eigenvalue weighted by atomic mass is 16.2. The lowest BCUT2D eigenvalue weighted by molar-refractivity contribution is -0.141. The Hall–Kier alpha value is -2.73. The molecule has 0 saturated carbocycles. The highest BCUT2D eigenvalue weighted by molar-refractivity contribution is 5.77. The average Bonchev–Trinajstić information content (AvgIpc) is 2.89. The van der Waals surface area contributed by atoms with Gasteiger partial charge in [0.2, 0.25) is 11.8 Å². The van der Waals surface area contributed by atoms with Gasteiger partial charge in [-0.25, -0.2) is 0 Å². The summed E-state index contributed by atoms with van der Waals surface area (Å²) in [5.41, 5.74) is 3.50. The minimum absolute atomic E-state index is 0.0486. The molecular weight excluding hydrogens is 460 g/mol. The van der Waals surface area contributed by atoms with Gasteiger partial charge in [0, 0.05) is 58.3 Å². The van der Waals surface area contributed by atoms with Crippen molar-refractivity contribution in [3.05, 3.63) is 65.5 Å². The van der Waals surface area contributed by atoms with Crippen molar-refractivity contribution in [3.63, 3.8) is 0 Å². The first kappa shape index (κ1) is 27.3. The number of piperidine rings is 1. The van der Waals surface area contributed by atoms with Gasteiger partial charge in [-0.15, -0.1) is 0 Å². The summed E-state index contributed by atoms with van der Waals surface area (Å²) in [4.78, 5) is 36.8. The van der Waals surface area contributed by atoms with Gasteiger partial charge in [0.25, 0.3) is 0 Å². The summed E-state index contributed by atoms with van der Waals surface area (Å²) in [6.45, 7) is 14.4. The fourth-order valence-corrected chi connectivity index (χ4v) is 5.91. The quantitative estimate of drug-likeness (QED) is 0.559. The van der Waals surface area contributed by atoms with E-state index in [0.29, 0.717) is 12.3 Å². The lowest BCUT2D eigenvalue weighted by atomic mass is 9.82. The summed E-state index contributed by atoms with van der Waals surface area (Å²) < 4.78 is 0. The molecule has 2 fully saturated rings. The Kier molecular flexibility index (Phi) is 8.68. The van der Waals surface area contributed by atoms with E-state index in [9.17, 15) is 9.59 Å². The van der Waals surface area contributed by atoms with Gasteiger partial charge < -0.3 is 9.80 Å². The second kappa shape index (κ2) is 11.8. The molecule has 3 heterocycles. The van der Waals surface area contributed by atoms with Gasteiger partial charge in [-0.1, -0.05) is 64.1 Å². The van der Waals surface area contributed by atoms with Crippen molar-refractivity contribution in [3.8, 4) is 0 Å². The van der Waals surface area contributed by atoms with Crippen LogP contribution in [0.1, 0.15) is 76.7 Å². The number of pyridine rings is 1. The largest absolute Gasteiger partial charge is 0.343 e. The molecule has 37 heavy (non-hydrogen) atoms. The number of likely N-dealkylation sites (tertiary alicyclic amines) is 1. The maximum atomic E-state index is 13.6. The van der Waals surface area contributed by atoms with Crippen LogP contribution in [-0.4, -0.2) is 70.3 Å². The van der Waals surface area contributed by atoms with Gasteiger partial charge >= 0.3 is 0 Å². The van der Waals surface area contributed by atoms with Crippen LogP contribution in [0.15, 0.2) is 48.7 Å². The number of hydrogen-bond acceptors (Lipinski definition) is 4. The first-order valence-corrected chi connectivity index (χ1v) is 14.0. The van der Waals surface area contributed by atoms with Crippen LogP contribution in [0.3, 0.4) is 0 Å². The second-order valence-corrected chi connectivity index (χ2v) is 11.9. The van der Waals surface area contributed by atoms with E-state index in [1.807, 2.05) is 11.1 Å². The van der Waals surface area contributed by atoms with Gasteiger partial charge in [0.05, 0.1) is 11.7 Å². The standard InChI is InChI=1S/C31H44N4O2/c1-6-24-12-13-27(32-21-24)30(26-10-8-7-9-11-26)34-18-19-35(28(22-34)31(3,4)5)29(37)20-25-14-16-33(17-15-25)23(2)36/h7-13,21,25,28,30H,6,14-20,22H2,1-5H3/t28-,30?/m1/s1. The fraction of sp³-hybridized carbons (Fsp3) is 0.581. The summed E-state index contributed by atoms with van der Waals surface area (Å²) >= 11 is 0. The molecule has 0 aliphatic carbocycles. The molecule has 2 aliphatic heterocycles. The van der Waals surface area contributed by atoms with Crippen LogP contribution in [0.5, 0.6) is 0 Å². The van der Waals surface area contributed by atoms with E-state index in [-0.39, 0.29) is 29.3 Å². The zero-order valence-corrected chi connectivity index (χ0v) is 23.3. The second-order valence-electron chi connectivity index (χ2n) is 11.9. The predicted octanol–water partition coefficient (Wildman–Crippen LogP) is 4.94. The van der Waals surface area contributed by atoms with E-state index in [4.69, 9.17) is 4.98 Å². The SMILES string of the molecule is CCc1ccc(C(c2ccccc2)N2CCN(C(=O)CC3CCN(C(C)=O)CC3)[C@@H](C(C)(C)C)C2)nc1. The fourth-order valence-electron chi connectivity index (χ4n) is 5.91. The number of hydrogen-bond donors (Lipinski definition) is 0. The molecule has 1 unspecified atom stereocenters. The molecule has 2 aromatic rings. The van der Waals surface area contributed by atoms with Crippen LogP contribution < -0.4 is 0 Å². The molecule has 2 saturated heterocycles. The van der Waals surface area contributed by atoms with Gasteiger partial charge in [0.15, 0.2) is 0 Å². The van der Waals surface area contributed by atoms with Crippen LogP contribution in [0.25, 0.3) is 0 Å². The number of benzene rings is 1. The van der Waals surface area contributed by atoms with Gasteiger partial charge in [-0.2, -0.15) is 0 Å². The van der Waals surface area contributed by atoms with Crippen LogP contribution in [0.4, 0.5) is 0 Å². The first-order chi connectivity index (χ1) is 17.7. The van der Waals surface area contributed by atoms with E-state index in [2.05, 4.69) is 80.0 Å². The molecule has 200 valence electrons. The summed E-state index contributed by atoms with van der Waals surface area (Å²) in [5, 5.41) is 0. The van der Waals surface area contributed by atoms with Crippen molar-refractivity contribution in [2.24, 2.45) is 11.3 Å². The van der Waals surface area contributed by atoms with Crippen molar-refractivity contribution >= 4 is 11.8 Å². The number of aromatic nitrogens is 1. The number of nitrogens with zero attached hydrogens (tertiary/aromatic N) is 4. The van der Waals surface area contributed by atoms with E-state index < -0.39 is 0 Å². The lowest BCUT2D eigenvalue weighted by Gasteiger charge is -2.49. The van der Waals surface area contributed by atoms with Crippen molar-refractivity contribution in [1.82, 2.24) is 19.7 Å². The molecule has 4 rings (SSSR count). The summed E-state index contributed by atoms with van der Waals surface area (Å²) in [5.74, 6) is 0.767. The minimum atomic E-state index is -0.0486. The third kappa shape index (κ3) is 6.59. The first-order valence-electron chi connectivity index (χ1n) is 14.0. The van der Waals surface area contributed by atoms with Crippen molar-refractivity contribution in [1.29, 1.82) is 0 Å². The van der Waals surface area contributed by atoms with Crippen molar-refractivity contribution < 1.29 is 9.59 Å². The summed E-state index contributed by atoms with van der Waals surface area (Å²) in [7, 11) is 0. The number of amides is 2. The molecule has 6 heteroatoms. The Bertz CT molecular complexity index is 1040. The molecule has 1 aromatic heterocycles. The third-order valence-electron chi connectivity index (χ3n) is 8.27. The highest BCUT2D eigenvalue weighted by Gasteiger charge is 2.41. The van der Waals surface area contributed by atoms with Crippen LogP contribution >= 0.6 is 0 Å². The van der Waals surface area contributed by atoms with Crippen molar-refractivity contribution in [2.45, 2.75) is 72.4 Å². The predicted molar refractivity (Wildman–Crippen MR) is 148 cm³/mol. The molecule has 1 aromatic carbocycles. The molecule has 0 N–H and O–H groups in total. The molecule has 6 nitrogen and oxygen atoms in total.